The Labute approximate surface area is 134 Å². The van der Waals surface area contributed by atoms with Crippen molar-refractivity contribution in [2.75, 3.05) is 11.9 Å². The van der Waals surface area contributed by atoms with Crippen molar-refractivity contribution in [3.63, 3.8) is 0 Å². The van der Waals surface area contributed by atoms with Gasteiger partial charge < -0.3 is 10.4 Å². The second kappa shape index (κ2) is 5.96. The van der Waals surface area contributed by atoms with Crippen molar-refractivity contribution < 1.29 is 5.11 Å². The van der Waals surface area contributed by atoms with Crippen molar-refractivity contribution in [2.24, 2.45) is 0 Å². The topological polar surface area (TPSA) is 75.9 Å². The first-order chi connectivity index (χ1) is 11.4. The first-order valence-electron chi connectivity index (χ1n) is 7.98. The van der Waals surface area contributed by atoms with Crippen molar-refractivity contribution in [1.29, 1.82) is 0 Å². The van der Waals surface area contributed by atoms with Gasteiger partial charge in [-0.1, -0.05) is 24.3 Å². The van der Waals surface area contributed by atoms with Gasteiger partial charge in [-0.3, -0.25) is 0 Å². The minimum absolute atomic E-state index is 0.0412. The molecule has 0 unspecified atom stereocenters. The summed E-state index contributed by atoms with van der Waals surface area (Å²) in [5.41, 5.74) is 3.52. The average molecular weight is 309 g/mol. The number of hydrogen-bond donors (Lipinski definition) is 2. The van der Waals surface area contributed by atoms with Gasteiger partial charge in [0.15, 0.2) is 5.65 Å². The third kappa shape index (κ3) is 2.55. The predicted molar refractivity (Wildman–Crippen MR) is 88.2 cm³/mol. The molecule has 0 bridgehead atoms. The molecule has 2 N–H and O–H groups in total. The summed E-state index contributed by atoms with van der Waals surface area (Å²) in [4.78, 5) is 8.71. The summed E-state index contributed by atoms with van der Waals surface area (Å²) < 4.78 is 1.71. The van der Waals surface area contributed by atoms with Gasteiger partial charge in [0.2, 0.25) is 0 Å². The normalized spacial score (nSPS) is 17.2. The smallest absolute Gasteiger partial charge is 0.163 e. The highest BCUT2D eigenvalue weighted by Crippen LogP contribution is 2.33. The molecule has 23 heavy (non-hydrogen) atoms. The third-order valence-corrected chi connectivity index (χ3v) is 4.43. The molecule has 1 aliphatic carbocycles. The van der Waals surface area contributed by atoms with E-state index in [-0.39, 0.29) is 12.6 Å². The molecule has 0 saturated carbocycles. The Hall–Kier alpha value is -2.47. The van der Waals surface area contributed by atoms with Crippen molar-refractivity contribution >= 4 is 16.9 Å². The van der Waals surface area contributed by atoms with Crippen LogP contribution in [0.3, 0.4) is 0 Å². The van der Waals surface area contributed by atoms with Gasteiger partial charge >= 0.3 is 0 Å². The standard InChI is InChI=1S/C17H19N5O/c23-9-8-22-17-14(10-20-22)16(18-11-19-17)21-15-7-3-5-12-4-1-2-6-13(12)15/h1-2,4,6,10-11,15,23H,3,5,7-9H2,(H,18,19,21)/t15-/m1/s1. The monoisotopic (exact) mass is 309 g/mol. The van der Waals surface area contributed by atoms with E-state index < -0.39 is 0 Å². The highest BCUT2D eigenvalue weighted by Gasteiger charge is 2.21. The first kappa shape index (κ1) is 14.1. The molecular weight excluding hydrogens is 290 g/mol. The maximum atomic E-state index is 9.12. The molecule has 6 nitrogen and oxygen atoms in total. The van der Waals surface area contributed by atoms with Crippen LogP contribution in [0.5, 0.6) is 0 Å². The molecule has 1 atom stereocenters. The lowest BCUT2D eigenvalue weighted by Gasteiger charge is -2.26. The molecule has 0 amide bonds. The summed E-state index contributed by atoms with van der Waals surface area (Å²) in [6.45, 7) is 0.478. The van der Waals surface area contributed by atoms with E-state index in [1.807, 2.05) is 0 Å². The molecule has 1 aromatic carbocycles. The van der Waals surface area contributed by atoms with Gasteiger partial charge in [-0.2, -0.15) is 5.10 Å². The molecular formula is C17H19N5O. The highest BCUT2D eigenvalue weighted by atomic mass is 16.3. The van der Waals surface area contributed by atoms with Gasteiger partial charge in [-0.05, 0) is 30.4 Å². The number of rotatable bonds is 4. The Morgan fingerprint density at radius 3 is 3.09 bits per heavy atom. The second-order valence-corrected chi connectivity index (χ2v) is 5.84. The Balaban J connectivity index is 1.69. The SMILES string of the molecule is OCCn1ncc2c(N[C@@H]3CCCc4ccccc43)ncnc21. The molecule has 0 saturated heterocycles. The van der Waals surface area contributed by atoms with Crippen LogP contribution in [-0.4, -0.2) is 31.5 Å². The van der Waals surface area contributed by atoms with E-state index in [2.05, 4.69) is 44.6 Å². The fraction of sp³-hybridized carbons (Fsp3) is 0.353. The lowest BCUT2D eigenvalue weighted by atomic mass is 9.88. The summed E-state index contributed by atoms with van der Waals surface area (Å²) >= 11 is 0. The fourth-order valence-corrected chi connectivity index (χ4v) is 3.34. The number of hydrogen-bond acceptors (Lipinski definition) is 5. The molecule has 2 aromatic heterocycles. The number of aromatic nitrogens is 4. The number of nitrogens with zero attached hydrogens (tertiary/aromatic N) is 4. The zero-order valence-corrected chi connectivity index (χ0v) is 12.8. The quantitative estimate of drug-likeness (QED) is 0.773. The molecule has 6 heteroatoms. The van der Waals surface area contributed by atoms with Crippen LogP contribution < -0.4 is 5.32 Å². The first-order valence-corrected chi connectivity index (χ1v) is 7.98. The lowest BCUT2D eigenvalue weighted by molar-refractivity contribution is 0.271. The van der Waals surface area contributed by atoms with Gasteiger partial charge in [-0.15, -0.1) is 0 Å². The molecule has 2 heterocycles. The Bertz CT molecular complexity index is 829. The van der Waals surface area contributed by atoms with Gasteiger partial charge in [0.25, 0.3) is 0 Å². The van der Waals surface area contributed by atoms with E-state index in [1.54, 1.807) is 17.2 Å². The zero-order valence-electron chi connectivity index (χ0n) is 12.8. The Morgan fingerprint density at radius 1 is 1.26 bits per heavy atom. The fourth-order valence-electron chi connectivity index (χ4n) is 3.34. The van der Waals surface area contributed by atoms with E-state index in [0.717, 1.165) is 29.7 Å². The summed E-state index contributed by atoms with van der Waals surface area (Å²) in [5.74, 6) is 0.806. The molecule has 0 fully saturated rings. The zero-order chi connectivity index (χ0) is 15.6. The largest absolute Gasteiger partial charge is 0.394 e. The molecule has 3 aromatic rings. The van der Waals surface area contributed by atoms with Gasteiger partial charge in [0, 0.05) is 0 Å². The predicted octanol–water partition coefficient (Wildman–Crippen LogP) is 2.31. The number of nitrogens with one attached hydrogen (secondary N) is 1. The number of aliphatic hydroxyl groups excluding tert-OH is 1. The number of fused-ring (bicyclic) bond motifs is 2. The molecule has 0 aliphatic heterocycles. The molecule has 4 rings (SSSR count). The van der Waals surface area contributed by atoms with E-state index in [9.17, 15) is 0 Å². The van der Waals surface area contributed by atoms with Crippen LogP contribution in [0.2, 0.25) is 0 Å². The van der Waals surface area contributed by atoms with Gasteiger partial charge in [0.05, 0.1) is 30.8 Å². The summed E-state index contributed by atoms with van der Waals surface area (Å²) in [7, 11) is 0. The molecule has 0 spiro atoms. The van der Waals surface area contributed by atoms with E-state index in [4.69, 9.17) is 5.11 Å². The van der Waals surface area contributed by atoms with Crippen molar-refractivity contribution in [3.8, 4) is 0 Å². The van der Waals surface area contributed by atoms with Crippen molar-refractivity contribution in [1.82, 2.24) is 19.7 Å². The van der Waals surface area contributed by atoms with E-state index >= 15 is 0 Å². The number of aliphatic hydroxyl groups is 1. The maximum Gasteiger partial charge on any atom is 0.163 e. The molecule has 1 aliphatic rings. The number of aryl methyl sites for hydroxylation is 1. The van der Waals surface area contributed by atoms with Crippen LogP contribution in [0.4, 0.5) is 5.82 Å². The Kier molecular flexibility index (Phi) is 3.67. The number of anilines is 1. The summed E-state index contributed by atoms with van der Waals surface area (Å²) in [6, 6.07) is 8.85. The van der Waals surface area contributed by atoms with Gasteiger partial charge in [-0.25, -0.2) is 14.6 Å². The van der Waals surface area contributed by atoms with Crippen LogP contribution >= 0.6 is 0 Å². The van der Waals surface area contributed by atoms with E-state index in [0.29, 0.717) is 6.54 Å². The minimum Gasteiger partial charge on any atom is -0.394 e. The van der Waals surface area contributed by atoms with E-state index in [1.165, 1.54) is 17.5 Å². The number of benzene rings is 1. The maximum absolute atomic E-state index is 9.12. The van der Waals surface area contributed by atoms with Crippen molar-refractivity contribution in [3.05, 3.63) is 47.9 Å². The second-order valence-electron chi connectivity index (χ2n) is 5.84. The van der Waals surface area contributed by atoms with Crippen LogP contribution in [0.25, 0.3) is 11.0 Å². The van der Waals surface area contributed by atoms with Crippen LogP contribution in [0.1, 0.15) is 30.0 Å². The third-order valence-electron chi connectivity index (χ3n) is 4.43. The van der Waals surface area contributed by atoms with Crippen LogP contribution in [0, 0.1) is 0 Å². The Morgan fingerprint density at radius 2 is 2.17 bits per heavy atom. The lowest BCUT2D eigenvalue weighted by Crippen LogP contribution is -2.18. The minimum atomic E-state index is 0.0412. The van der Waals surface area contributed by atoms with Crippen LogP contribution in [-0.2, 0) is 13.0 Å². The summed E-state index contributed by atoms with van der Waals surface area (Å²) in [6.07, 6.45) is 6.72. The summed E-state index contributed by atoms with van der Waals surface area (Å²) in [5, 5.41) is 17.9. The molecule has 118 valence electrons. The van der Waals surface area contributed by atoms with Crippen LogP contribution in [0.15, 0.2) is 36.8 Å². The molecule has 0 radical (unpaired) electrons. The van der Waals surface area contributed by atoms with Gasteiger partial charge in [0.1, 0.15) is 12.1 Å². The average Bonchev–Trinajstić information content (AvgIpc) is 3.00. The van der Waals surface area contributed by atoms with Crippen molar-refractivity contribution in [2.45, 2.75) is 31.8 Å². The highest BCUT2D eigenvalue weighted by molar-refractivity contribution is 5.86.